The highest BCUT2D eigenvalue weighted by Crippen LogP contribution is 2.26. The van der Waals surface area contributed by atoms with E-state index < -0.39 is 0 Å². The van der Waals surface area contributed by atoms with E-state index in [2.05, 4.69) is 5.10 Å². The van der Waals surface area contributed by atoms with Crippen molar-refractivity contribution in [3.05, 3.63) is 41.1 Å². The van der Waals surface area contributed by atoms with Gasteiger partial charge in [-0.25, -0.2) is 4.79 Å². The van der Waals surface area contributed by atoms with E-state index in [1.807, 2.05) is 37.6 Å². The Morgan fingerprint density at radius 1 is 1.11 bits per heavy atom. The Bertz CT molecular complexity index is 791. The number of aromatic nitrogens is 4. The number of benzene rings is 1. The molecule has 92 valence electrons. The molecular formula is C13H14N4O. The van der Waals surface area contributed by atoms with E-state index in [1.165, 1.54) is 0 Å². The van der Waals surface area contributed by atoms with Crippen molar-refractivity contribution in [1.29, 1.82) is 0 Å². The molecule has 0 spiro atoms. The van der Waals surface area contributed by atoms with Crippen LogP contribution in [-0.2, 0) is 21.1 Å². The Balaban J connectivity index is 2.44. The molecule has 5 nitrogen and oxygen atoms in total. The van der Waals surface area contributed by atoms with Crippen LogP contribution in [0.1, 0.15) is 0 Å². The molecule has 0 fully saturated rings. The lowest BCUT2D eigenvalue weighted by Crippen LogP contribution is -2.19. The standard InChI is InChI=1S/C13H14N4O/c1-15-8-9(7-14-15)10-5-4-6-11-12(10)17(3)13(18)16(11)2/h4-8H,1-3H3. The lowest BCUT2D eigenvalue weighted by molar-refractivity contribution is 0.768. The van der Waals surface area contributed by atoms with E-state index in [9.17, 15) is 4.79 Å². The van der Waals surface area contributed by atoms with Crippen LogP contribution in [0.25, 0.3) is 22.2 Å². The van der Waals surface area contributed by atoms with E-state index in [1.54, 1.807) is 27.9 Å². The van der Waals surface area contributed by atoms with Gasteiger partial charge >= 0.3 is 5.69 Å². The molecule has 0 aliphatic carbocycles. The van der Waals surface area contributed by atoms with E-state index in [0.717, 1.165) is 22.2 Å². The normalized spacial score (nSPS) is 11.3. The molecule has 2 heterocycles. The summed E-state index contributed by atoms with van der Waals surface area (Å²) in [4.78, 5) is 12.0. The SMILES string of the molecule is Cn1cc(-c2cccc3c2n(C)c(=O)n3C)cn1. The minimum Gasteiger partial charge on any atom is -0.295 e. The third kappa shape index (κ3) is 1.33. The first-order valence-electron chi connectivity index (χ1n) is 5.73. The maximum absolute atomic E-state index is 12.0. The number of fused-ring (bicyclic) bond motifs is 1. The van der Waals surface area contributed by atoms with Crippen molar-refractivity contribution in [3.63, 3.8) is 0 Å². The fraction of sp³-hybridized carbons (Fsp3) is 0.231. The highest BCUT2D eigenvalue weighted by atomic mass is 16.1. The second-order valence-electron chi connectivity index (χ2n) is 4.48. The molecule has 18 heavy (non-hydrogen) atoms. The summed E-state index contributed by atoms with van der Waals surface area (Å²) in [7, 11) is 5.47. The molecule has 0 N–H and O–H groups in total. The van der Waals surface area contributed by atoms with E-state index in [4.69, 9.17) is 0 Å². The van der Waals surface area contributed by atoms with Crippen LogP contribution in [0.3, 0.4) is 0 Å². The van der Waals surface area contributed by atoms with Gasteiger partial charge in [0.2, 0.25) is 0 Å². The summed E-state index contributed by atoms with van der Waals surface area (Å²) < 4.78 is 5.10. The first kappa shape index (κ1) is 10.8. The molecule has 0 amide bonds. The predicted octanol–water partition coefficient (Wildman–Crippen LogP) is 1.28. The smallest absolute Gasteiger partial charge is 0.295 e. The summed E-state index contributed by atoms with van der Waals surface area (Å²) in [5.74, 6) is 0. The van der Waals surface area contributed by atoms with Crippen LogP contribution in [0.15, 0.2) is 35.4 Å². The van der Waals surface area contributed by atoms with Gasteiger partial charge in [0.25, 0.3) is 0 Å². The summed E-state index contributed by atoms with van der Waals surface area (Å²) >= 11 is 0. The Labute approximate surface area is 104 Å². The number of nitrogens with zero attached hydrogens (tertiary/aromatic N) is 4. The summed E-state index contributed by atoms with van der Waals surface area (Å²) in [5.41, 5.74) is 3.91. The minimum atomic E-state index is -0.0126. The van der Waals surface area contributed by atoms with E-state index in [0.29, 0.717) is 0 Å². The van der Waals surface area contributed by atoms with Crippen LogP contribution in [0.4, 0.5) is 0 Å². The molecule has 0 bridgehead atoms. The Kier molecular flexibility index (Phi) is 2.16. The molecule has 5 heteroatoms. The Morgan fingerprint density at radius 3 is 2.56 bits per heavy atom. The van der Waals surface area contributed by atoms with Crippen molar-refractivity contribution in [2.24, 2.45) is 21.1 Å². The molecule has 3 rings (SSSR count). The fourth-order valence-electron chi connectivity index (χ4n) is 2.37. The lowest BCUT2D eigenvalue weighted by Gasteiger charge is -2.02. The summed E-state index contributed by atoms with van der Waals surface area (Å²) in [6.45, 7) is 0. The minimum absolute atomic E-state index is 0.0126. The van der Waals surface area contributed by atoms with Gasteiger partial charge < -0.3 is 0 Å². The molecule has 0 unspecified atom stereocenters. The van der Waals surface area contributed by atoms with Crippen LogP contribution >= 0.6 is 0 Å². The Morgan fingerprint density at radius 2 is 1.89 bits per heavy atom. The molecule has 0 aliphatic heterocycles. The average molecular weight is 242 g/mol. The molecule has 0 atom stereocenters. The summed E-state index contributed by atoms with van der Waals surface area (Å²) in [6.07, 6.45) is 3.76. The van der Waals surface area contributed by atoms with Crippen LogP contribution < -0.4 is 5.69 Å². The predicted molar refractivity (Wildman–Crippen MR) is 70.4 cm³/mol. The van der Waals surface area contributed by atoms with E-state index >= 15 is 0 Å². The highest BCUT2D eigenvalue weighted by Gasteiger charge is 2.13. The topological polar surface area (TPSA) is 44.8 Å². The average Bonchev–Trinajstić information content (AvgIpc) is 2.89. The van der Waals surface area contributed by atoms with Gasteiger partial charge in [-0.1, -0.05) is 12.1 Å². The summed E-state index contributed by atoms with van der Waals surface area (Å²) in [5, 5.41) is 4.18. The van der Waals surface area contributed by atoms with Gasteiger partial charge in [0.15, 0.2) is 0 Å². The number of aryl methyl sites for hydroxylation is 3. The van der Waals surface area contributed by atoms with Gasteiger partial charge in [-0.15, -0.1) is 0 Å². The zero-order valence-electron chi connectivity index (χ0n) is 10.6. The maximum atomic E-state index is 12.0. The number of imidazole rings is 1. The van der Waals surface area contributed by atoms with Gasteiger partial charge in [-0.2, -0.15) is 5.10 Å². The molecule has 3 aromatic rings. The summed E-state index contributed by atoms with van der Waals surface area (Å²) in [6, 6.07) is 5.93. The van der Waals surface area contributed by atoms with Crippen LogP contribution in [0, 0.1) is 0 Å². The van der Waals surface area contributed by atoms with Crippen LogP contribution in [0.5, 0.6) is 0 Å². The number of hydrogen-bond acceptors (Lipinski definition) is 2. The van der Waals surface area contributed by atoms with Gasteiger partial charge in [-0.3, -0.25) is 13.8 Å². The maximum Gasteiger partial charge on any atom is 0.328 e. The van der Waals surface area contributed by atoms with Crippen molar-refractivity contribution in [2.75, 3.05) is 0 Å². The van der Waals surface area contributed by atoms with Gasteiger partial charge in [0.05, 0.1) is 17.2 Å². The number of rotatable bonds is 1. The molecule has 0 radical (unpaired) electrons. The molecular weight excluding hydrogens is 228 g/mol. The largest absolute Gasteiger partial charge is 0.328 e. The van der Waals surface area contributed by atoms with Crippen molar-refractivity contribution in [3.8, 4) is 11.1 Å². The van der Waals surface area contributed by atoms with Crippen molar-refractivity contribution < 1.29 is 0 Å². The zero-order chi connectivity index (χ0) is 12.9. The van der Waals surface area contributed by atoms with Gasteiger partial charge in [0, 0.05) is 38.5 Å². The number of para-hydroxylation sites is 1. The second-order valence-corrected chi connectivity index (χ2v) is 4.48. The van der Waals surface area contributed by atoms with Gasteiger partial charge in [0.1, 0.15) is 0 Å². The Hall–Kier alpha value is -2.30. The first-order chi connectivity index (χ1) is 8.59. The van der Waals surface area contributed by atoms with Gasteiger partial charge in [-0.05, 0) is 6.07 Å². The molecule has 0 aliphatic rings. The third-order valence-corrected chi connectivity index (χ3v) is 3.30. The van der Waals surface area contributed by atoms with Crippen LogP contribution in [-0.4, -0.2) is 18.9 Å². The quantitative estimate of drug-likeness (QED) is 0.645. The monoisotopic (exact) mass is 242 g/mol. The first-order valence-corrected chi connectivity index (χ1v) is 5.73. The van der Waals surface area contributed by atoms with E-state index in [-0.39, 0.29) is 5.69 Å². The third-order valence-electron chi connectivity index (χ3n) is 3.30. The van der Waals surface area contributed by atoms with Crippen molar-refractivity contribution >= 4 is 11.0 Å². The van der Waals surface area contributed by atoms with Crippen molar-refractivity contribution in [2.45, 2.75) is 0 Å². The number of hydrogen-bond donors (Lipinski definition) is 0. The molecule has 2 aromatic heterocycles. The van der Waals surface area contributed by atoms with Crippen molar-refractivity contribution in [1.82, 2.24) is 18.9 Å². The molecule has 0 saturated heterocycles. The second kappa shape index (κ2) is 3.60. The molecule has 0 saturated carbocycles. The zero-order valence-corrected chi connectivity index (χ0v) is 10.6. The lowest BCUT2D eigenvalue weighted by atomic mass is 10.1. The fourth-order valence-corrected chi connectivity index (χ4v) is 2.37. The molecule has 1 aromatic carbocycles. The van der Waals surface area contributed by atoms with Crippen LogP contribution in [0.2, 0.25) is 0 Å². The highest BCUT2D eigenvalue weighted by molar-refractivity contribution is 5.92.